The van der Waals surface area contributed by atoms with Crippen molar-refractivity contribution >= 4 is 26.9 Å². The summed E-state index contributed by atoms with van der Waals surface area (Å²) in [7, 11) is 0. The zero-order chi connectivity index (χ0) is 9.26. The van der Waals surface area contributed by atoms with E-state index in [0.29, 0.717) is 0 Å². The van der Waals surface area contributed by atoms with Crippen LogP contribution in [0.5, 0.6) is 0 Å². The molecule has 0 saturated heterocycles. The smallest absolute Gasteiger partial charge is 0.167 e. The first kappa shape index (κ1) is 8.75. The Morgan fingerprint density at radius 2 is 2.31 bits per heavy atom. The lowest BCUT2D eigenvalue weighted by Crippen LogP contribution is -1.85. The maximum absolute atomic E-state index is 5.19. The molecule has 68 valence electrons. The van der Waals surface area contributed by atoms with Crippen LogP contribution in [-0.4, -0.2) is 10.5 Å². The molecular formula is C10H10BrNO. The van der Waals surface area contributed by atoms with Gasteiger partial charge in [-0.3, -0.25) is 0 Å². The van der Waals surface area contributed by atoms with Gasteiger partial charge in [0.2, 0.25) is 0 Å². The summed E-state index contributed by atoms with van der Waals surface area (Å²) in [6.45, 7) is 2.07. The number of benzene rings is 1. The van der Waals surface area contributed by atoms with Crippen molar-refractivity contribution in [3.8, 4) is 0 Å². The molecule has 0 saturated carbocycles. The standard InChI is InChI=1S/C10H10BrNO/c1-7-2-3-10-8(6-7)9(4-5-11)12-13-10/h2-3,6H,4-5H2,1H3. The summed E-state index contributed by atoms with van der Waals surface area (Å²) in [5, 5.41) is 6.08. The van der Waals surface area contributed by atoms with Crippen LogP contribution in [0.2, 0.25) is 0 Å². The molecule has 1 aromatic carbocycles. The van der Waals surface area contributed by atoms with Crippen molar-refractivity contribution in [3.63, 3.8) is 0 Å². The van der Waals surface area contributed by atoms with Gasteiger partial charge in [0.05, 0.1) is 5.69 Å². The van der Waals surface area contributed by atoms with Gasteiger partial charge in [0, 0.05) is 17.1 Å². The second-order valence-corrected chi connectivity index (χ2v) is 3.86. The molecular weight excluding hydrogens is 230 g/mol. The number of rotatable bonds is 2. The highest BCUT2D eigenvalue weighted by Crippen LogP contribution is 2.20. The summed E-state index contributed by atoms with van der Waals surface area (Å²) in [4.78, 5) is 0. The number of fused-ring (bicyclic) bond motifs is 1. The van der Waals surface area contributed by atoms with E-state index in [9.17, 15) is 0 Å². The molecule has 3 heteroatoms. The van der Waals surface area contributed by atoms with Gasteiger partial charge in [-0.05, 0) is 19.1 Å². The number of hydrogen-bond donors (Lipinski definition) is 0. The van der Waals surface area contributed by atoms with E-state index in [1.54, 1.807) is 0 Å². The Bertz CT molecular complexity index is 422. The number of halogens is 1. The summed E-state index contributed by atoms with van der Waals surface area (Å²) in [5.41, 5.74) is 3.16. The third kappa shape index (κ3) is 1.61. The molecule has 0 radical (unpaired) electrons. The maximum Gasteiger partial charge on any atom is 0.167 e. The Labute approximate surface area is 85.0 Å². The molecule has 0 aliphatic rings. The highest BCUT2D eigenvalue weighted by molar-refractivity contribution is 9.09. The Hall–Kier alpha value is -0.830. The van der Waals surface area contributed by atoms with Crippen LogP contribution >= 0.6 is 15.9 Å². The average molecular weight is 240 g/mol. The summed E-state index contributed by atoms with van der Waals surface area (Å²) in [6, 6.07) is 6.12. The first-order valence-corrected chi connectivity index (χ1v) is 5.34. The second kappa shape index (κ2) is 3.50. The normalized spacial score (nSPS) is 10.9. The van der Waals surface area contributed by atoms with E-state index in [4.69, 9.17) is 4.52 Å². The zero-order valence-electron chi connectivity index (χ0n) is 7.38. The van der Waals surface area contributed by atoms with E-state index >= 15 is 0 Å². The molecule has 2 nitrogen and oxygen atoms in total. The van der Waals surface area contributed by atoms with Crippen molar-refractivity contribution < 1.29 is 4.52 Å². The fraction of sp³-hybridized carbons (Fsp3) is 0.300. The number of nitrogens with zero attached hydrogens (tertiary/aromatic N) is 1. The van der Waals surface area contributed by atoms with Gasteiger partial charge >= 0.3 is 0 Å². The second-order valence-electron chi connectivity index (χ2n) is 3.07. The third-order valence-corrected chi connectivity index (χ3v) is 2.43. The Balaban J connectivity index is 2.58. The molecule has 1 heterocycles. The molecule has 0 fully saturated rings. The van der Waals surface area contributed by atoms with E-state index in [0.717, 1.165) is 28.4 Å². The predicted octanol–water partition coefficient (Wildman–Crippen LogP) is 3.07. The minimum absolute atomic E-state index is 0.876. The molecule has 0 N–H and O–H groups in total. The summed E-state index contributed by atoms with van der Waals surface area (Å²) in [6.07, 6.45) is 0.913. The van der Waals surface area contributed by atoms with Crippen molar-refractivity contribution in [3.05, 3.63) is 29.5 Å². The van der Waals surface area contributed by atoms with Crippen molar-refractivity contribution in [1.29, 1.82) is 0 Å². The minimum Gasteiger partial charge on any atom is -0.356 e. The summed E-state index contributed by atoms with van der Waals surface area (Å²) < 4.78 is 5.19. The molecule has 0 atom stereocenters. The fourth-order valence-corrected chi connectivity index (χ4v) is 1.75. The molecule has 0 bridgehead atoms. The van der Waals surface area contributed by atoms with Crippen LogP contribution in [0, 0.1) is 6.92 Å². The van der Waals surface area contributed by atoms with Crippen molar-refractivity contribution in [1.82, 2.24) is 5.16 Å². The number of aryl methyl sites for hydroxylation is 2. The molecule has 1 aromatic heterocycles. The third-order valence-electron chi connectivity index (χ3n) is 2.03. The lowest BCUT2D eigenvalue weighted by Gasteiger charge is -1.92. The monoisotopic (exact) mass is 239 g/mol. The fourth-order valence-electron chi connectivity index (χ4n) is 1.37. The van der Waals surface area contributed by atoms with Gasteiger partial charge in [0.25, 0.3) is 0 Å². The lowest BCUT2D eigenvalue weighted by atomic mass is 10.1. The maximum atomic E-state index is 5.19. The predicted molar refractivity (Wildman–Crippen MR) is 56.2 cm³/mol. The molecule has 0 unspecified atom stereocenters. The van der Waals surface area contributed by atoms with Crippen LogP contribution in [0.1, 0.15) is 11.3 Å². The first-order chi connectivity index (χ1) is 6.31. The van der Waals surface area contributed by atoms with Gasteiger partial charge in [-0.2, -0.15) is 0 Å². The molecule has 2 aromatic rings. The van der Waals surface area contributed by atoms with Crippen LogP contribution in [0.25, 0.3) is 11.0 Å². The summed E-state index contributed by atoms with van der Waals surface area (Å²) >= 11 is 3.39. The number of alkyl halides is 1. The molecule has 0 aliphatic carbocycles. The molecule has 0 amide bonds. The molecule has 0 spiro atoms. The quantitative estimate of drug-likeness (QED) is 0.754. The van der Waals surface area contributed by atoms with Crippen molar-refractivity contribution in [2.75, 3.05) is 5.33 Å². The van der Waals surface area contributed by atoms with Crippen LogP contribution in [0.4, 0.5) is 0 Å². The first-order valence-electron chi connectivity index (χ1n) is 4.22. The van der Waals surface area contributed by atoms with E-state index in [1.807, 2.05) is 12.1 Å². The minimum atomic E-state index is 0.876. The van der Waals surface area contributed by atoms with Crippen LogP contribution < -0.4 is 0 Å². The molecule has 0 aliphatic heterocycles. The highest BCUT2D eigenvalue weighted by atomic mass is 79.9. The number of hydrogen-bond acceptors (Lipinski definition) is 2. The largest absolute Gasteiger partial charge is 0.356 e. The topological polar surface area (TPSA) is 26.0 Å². The number of aromatic nitrogens is 1. The Morgan fingerprint density at radius 1 is 1.46 bits per heavy atom. The van der Waals surface area contributed by atoms with Crippen LogP contribution in [-0.2, 0) is 6.42 Å². The average Bonchev–Trinajstić information content (AvgIpc) is 2.49. The molecule has 2 rings (SSSR count). The van der Waals surface area contributed by atoms with E-state index < -0.39 is 0 Å². The van der Waals surface area contributed by atoms with Gasteiger partial charge < -0.3 is 4.52 Å². The van der Waals surface area contributed by atoms with Gasteiger partial charge in [0.1, 0.15) is 0 Å². The van der Waals surface area contributed by atoms with Crippen molar-refractivity contribution in [2.24, 2.45) is 0 Å². The van der Waals surface area contributed by atoms with E-state index in [2.05, 4.69) is 34.1 Å². The van der Waals surface area contributed by atoms with Gasteiger partial charge in [-0.25, -0.2) is 0 Å². The lowest BCUT2D eigenvalue weighted by molar-refractivity contribution is 0.447. The van der Waals surface area contributed by atoms with Crippen LogP contribution in [0.15, 0.2) is 22.7 Å². The van der Waals surface area contributed by atoms with Crippen molar-refractivity contribution in [2.45, 2.75) is 13.3 Å². The van der Waals surface area contributed by atoms with Gasteiger partial charge in [-0.1, -0.05) is 32.7 Å². The Kier molecular flexibility index (Phi) is 2.36. The highest BCUT2D eigenvalue weighted by Gasteiger charge is 2.06. The van der Waals surface area contributed by atoms with Gasteiger partial charge in [0.15, 0.2) is 5.58 Å². The Morgan fingerprint density at radius 3 is 3.08 bits per heavy atom. The van der Waals surface area contributed by atoms with E-state index in [-0.39, 0.29) is 0 Å². The van der Waals surface area contributed by atoms with E-state index in [1.165, 1.54) is 5.56 Å². The van der Waals surface area contributed by atoms with Gasteiger partial charge in [-0.15, -0.1) is 0 Å². The zero-order valence-corrected chi connectivity index (χ0v) is 8.97. The summed E-state index contributed by atoms with van der Waals surface area (Å²) in [5.74, 6) is 0. The van der Waals surface area contributed by atoms with Crippen LogP contribution in [0.3, 0.4) is 0 Å². The SMILES string of the molecule is Cc1ccc2onc(CCBr)c2c1. The molecule has 13 heavy (non-hydrogen) atoms.